The van der Waals surface area contributed by atoms with Gasteiger partial charge in [-0.25, -0.2) is 4.79 Å². The van der Waals surface area contributed by atoms with Crippen molar-refractivity contribution in [3.05, 3.63) is 40.1 Å². The standard InChI is InChI=1S/C29H41F3N4O3/c1-19-5-4-8-34(12-19)13-21-9-24(29(30,31)32)26-15-35(27(37)36(26)14-21)23-7-3-6-22(10-23)28(17-38-18-28)11-25-20(2)16-39-33-25/h9,14-15,19-20,22-23,25,33H,3-8,10-13,16-18H2,1-2H3/t19-,20?,22?,23?,25?/m0/s1. The highest BCUT2D eigenvalue weighted by atomic mass is 19.4. The number of rotatable bonds is 6. The first-order valence-corrected chi connectivity index (χ1v) is 14.6. The Hall–Kier alpha value is -1.88. The van der Waals surface area contributed by atoms with Crippen LogP contribution in [0, 0.1) is 23.2 Å². The van der Waals surface area contributed by atoms with Crippen LogP contribution in [0.15, 0.2) is 23.3 Å². The molecule has 2 aromatic rings. The first-order valence-electron chi connectivity index (χ1n) is 14.6. The summed E-state index contributed by atoms with van der Waals surface area (Å²) in [6.07, 6.45) is 5.28. The number of fused-ring (bicyclic) bond motifs is 1. The van der Waals surface area contributed by atoms with Gasteiger partial charge in [0, 0.05) is 43.0 Å². The highest BCUT2D eigenvalue weighted by Gasteiger charge is 2.49. The third-order valence-corrected chi connectivity index (χ3v) is 9.88. The number of piperidine rings is 1. The number of nitrogens with zero attached hydrogens (tertiary/aromatic N) is 3. The number of hydrogen-bond donors (Lipinski definition) is 1. The van der Waals surface area contributed by atoms with Crippen LogP contribution in [0.2, 0.25) is 0 Å². The number of aromatic nitrogens is 2. The fraction of sp³-hybridized carbons (Fsp3) is 0.759. The Morgan fingerprint density at radius 2 is 1.95 bits per heavy atom. The predicted molar refractivity (Wildman–Crippen MR) is 141 cm³/mol. The van der Waals surface area contributed by atoms with Gasteiger partial charge in [0.25, 0.3) is 0 Å². The number of halogens is 3. The van der Waals surface area contributed by atoms with Gasteiger partial charge in [0.2, 0.25) is 0 Å². The van der Waals surface area contributed by atoms with Gasteiger partial charge in [0.05, 0.1) is 30.9 Å². The lowest BCUT2D eigenvalue weighted by Gasteiger charge is -2.51. The molecule has 5 atom stereocenters. The number of ether oxygens (including phenoxy) is 1. The topological polar surface area (TPSA) is 60.1 Å². The molecule has 5 heterocycles. The largest absolute Gasteiger partial charge is 0.418 e. The summed E-state index contributed by atoms with van der Waals surface area (Å²) < 4.78 is 51.3. The maximum atomic E-state index is 14.3. The minimum absolute atomic E-state index is 0.0247. The lowest BCUT2D eigenvalue weighted by molar-refractivity contribution is -0.165. The summed E-state index contributed by atoms with van der Waals surface area (Å²) in [5.41, 5.74) is 2.60. The van der Waals surface area contributed by atoms with Crippen molar-refractivity contribution in [2.75, 3.05) is 32.9 Å². The molecule has 0 bridgehead atoms. The van der Waals surface area contributed by atoms with E-state index in [9.17, 15) is 18.0 Å². The molecular formula is C29H41F3N4O3. The molecular weight excluding hydrogens is 509 g/mol. The number of imidazole rings is 1. The van der Waals surface area contributed by atoms with Gasteiger partial charge in [-0.3, -0.25) is 13.9 Å². The van der Waals surface area contributed by atoms with Crippen LogP contribution in [0.25, 0.3) is 5.52 Å². The number of hydroxylamine groups is 1. The third-order valence-electron chi connectivity index (χ3n) is 9.88. The molecule has 4 aliphatic rings. The van der Waals surface area contributed by atoms with Crippen LogP contribution in [-0.2, 0) is 22.3 Å². The Bertz CT molecular complexity index is 1240. The number of hydrogen-bond acceptors (Lipinski definition) is 5. The fourth-order valence-electron chi connectivity index (χ4n) is 7.58. The molecule has 6 rings (SSSR count). The molecule has 39 heavy (non-hydrogen) atoms. The van der Waals surface area contributed by atoms with E-state index >= 15 is 0 Å². The van der Waals surface area contributed by atoms with Crippen LogP contribution < -0.4 is 11.2 Å². The lowest BCUT2D eigenvalue weighted by atomic mass is 9.63. The summed E-state index contributed by atoms with van der Waals surface area (Å²) in [4.78, 5) is 21.3. The first-order chi connectivity index (χ1) is 18.6. The van der Waals surface area contributed by atoms with E-state index in [-0.39, 0.29) is 28.7 Å². The zero-order valence-electron chi connectivity index (χ0n) is 23.0. The monoisotopic (exact) mass is 550 g/mol. The van der Waals surface area contributed by atoms with Gasteiger partial charge in [-0.1, -0.05) is 20.3 Å². The average Bonchev–Trinajstić information content (AvgIpc) is 3.43. The second-order valence-electron chi connectivity index (χ2n) is 12.9. The number of nitrogens with one attached hydrogen (secondary N) is 1. The molecule has 3 aliphatic heterocycles. The van der Waals surface area contributed by atoms with Crippen LogP contribution in [0.4, 0.5) is 13.2 Å². The summed E-state index contributed by atoms with van der Waals surface area (Å²) in [6.45, 7) is 8.61. The molecule has 0 spiro atoms. The summed E-state index contributed by atoms with van der Waals surface area (Å²) >= 11 is 0. The molecule has 1 saturated carbocycles. The van der Waals surface area contributed by atoms with Crippen molar-refractivity contribution in [2.24, 2.45) is 23.2 Å². The Morgan fingerprint density at radius 1 is 1.13 bits per heavy atom. The van der Waals surface area contributed by atoms with E-state index in [2.05, 4.69) is 24.2 Å². The number of pyridine rings is 1. The van der Waals surface area contributed by atoms with Crippen LogP contribution in [-0.4, -0.2) is 52.8 Å². The van der Waals surface area contributed by atoms with E-state index in [0.29, 0.717) is 49.7 Å². The van der Waals surface area contributed by atoms with Crippen LogP contribution in [0.1, 0.15) is 76.0 Å². The zero-order valence-corrected chi connectivity index (χ0v) is 23.0. The van der Waals surface area contributed by atoms with E-state index in [1.54, 1.807) is 10.8 Å². The highest BCUT2D eigenvalue weighted by molar-refractivity contribution is 5.56. The molecule has 7 nitrogen and oxygen atoms in total. The molecule has 0 amide bonds. The van der Waals surface area contributed by atoms with E-state index in [4.69, 9.17) is 9.57 Å². The number of likely N-dealkylation sites (tertiary alicyclic amines) is 1. The van der Waals surface area contributed by atoms with Crippen molar-refractivity contribution in [3.63, 3.8) is 0 Å². The molecule has 216 valence electrons. The first kappa shape index (κ1) is 27.3. The lowest BCUT2D eigenvalue weighted by Crippen LogP contribution is -2.53. The molecule has 0 radical (unpaired) electrons. The Morgan fingerprint density at radius 3 is 2.62 bits per heavy atom. The maximum absolute atomic E-state index is 14.3. The Labute approximate surface area is 227 Å². The quantitative estimate of drug-likeness (QED) is 0.547. The van der Waals surface area contributed by atoms with Crippen molar-refractivity contribution in [1.82, 2.24) is 19.3 Å². The van der Waals surface area contributed by atoms with Gasteiger partial charge >= 0.3 is 11.9 Å². The number of alkyl halides is 3. The Kier molecular flexibility index (Phi) is 7.35. The zero-order chi connectivity index (χ0) is 27.4. The highest BCUT2D eigenvalue weighted by Crippen LogP contribution is 2.50. The SMILES string of the molecule is CC1CONC1CC1(C2CCCC(n3cc4c(C(F)(F)F)cc(CN5CCC[C@H](C)C5)cn4c3=O)C2)COC1. The summed E-state index contributed by atoms with van der Waals surface area (Å²) in [6, 6.07) is 1.40. The van der Waals surface area contributed by atoms with Crippen molar-refractivity contribution >= 4 is 5.52 Å². The van der Waals surface area contributed by atoms with Crippen LogP contribution in [0.5, 0.6) is 0 Å². The molecule has 2 aromatic heterocycles. The molecule has 0 aromatic carbocycles. The minimum atomic E-state index is -4.54. The predicted octanol–water partition coefficient (Wildman–Crippen LogP) is 5.03. The van der Waals surface area contributed by atoms with Crippen molar-refractivity contribution in [1.29, 1.82) is 0 Å². The molecule has 4 unspecified atom stereocenters. The van der Waals surface area contributed by atoms with Gasteiger partial charge in [0.1, 0.15) is 0 Å². The van der Waals surface area contributed by atoms with Gasteiger partial charge in [-0.15, -0.1) is 0 Å². The molecule has 4 fully saturated rings. The third kappa shape index (κ3) is 5.29. The summed E-state index contributed by atoms with van der Waals surface area (Å²) in [5, 5.41) is 0. The fourth-order valence-corrected chi connectivity index (χ4v) is 7.58. The van der Waals surface area contributed by atoms with Crippen LogP contribution >= 0.6 is 0 Å². The van der Waals surface area contributed by atoms with Crippen molar-refractivity contribution in [3.8, 4) is 0 Å². The molecule has 1 N–H and O–H groups in total. The van der Waals surface area contributed by atoms with Crippen LogP contribution in [0.3, 0.4) is 0 Å². The van der Waals surface area contributed by atoms with E-state index in [1.807, 2.05) is 0 Å². The van der Waals surface area contributed by atoms with E-state index in [1.165, 1.54) is 16.7 Å². The van der Waals surface area contributed by atoms with Gasteiger partial charge in [-0.05, 0) is 74.5 Å². The molecule has 1 aliphatic carbocycles. The van der Waals surface area contributed by atoms with Gasteiger partial charge in [0.15, 0.2) is 0 Å². The van der Waals surface area contributed by atoms with E-state index in [0.717, 1.165) is 58.0 Å². The second-order valence-corrected chi connectivity index (χ2v) is 12.9. The minimum Gasteiger partial charge on any atom is -0.380 e. The van der Waals surface area contributed by atoms with E-state index < -0.39 is 11.7 Å². The summed E-state index contributed by atoms with van der Waals surface area (Å²) in [7, 11) is 0. The van der Waals surface area contributed by atoms with Gasteiger partial charge in [-0.2, -0.15) is 18.7 Å². The molecule has 3 saturated heterocycles. The normalized spacial score (nSPS) is 32.0. The van der Waals surface area contributed by atoms with Crippen molar-refractivity contribution < 1.29 is 22.7 Å². The summed E-state index contributed by atoms with van der Waals surface area (Å²) in [5.74, 6) is 1.30. The second kappa shape index (κ2) is 10.5. The Balaban J connectivity index is 1.29. The maximum Gasteiger partial charge on any atom is 0.418 e. The molecule has 10 heteroatoms. The average molecular weight is 551 g/mol. The van der Waals surface area contributed by atoms with Crippen molar-refractivity contribution in [2.45, 2.75) is 83.6 Å². The van der Waals surface area contributed by atoms with Gasteiger partial charge < -0.3 is 9.57 Å². The smallest absolute Gasteiger partial charge is 0.380 e.